The number of carbonyl (C=O) groups is 2. The summed E-state index contributed by atoms with van der Waals surface area (Å²) in [4.78, 5) is 25.5. The Morgan fingerprint density at radius 1 is 1.08 bits per heavy atom. The molecular formula is C19H21FN2O2S. The third-order valence-electron chi connectivity index (χ3n) is 4.73. The summed E-state index contributed by atoms with van der Waals surface area (Å²) in [5.41, 5.74) is 0.187. The fraction of sp³-hybridized carbons (Fsp3) is 0.368. The largest absolute Gasteiger partial charge is 0.347 e. The second-order valence-electron chi connectivity index (χ2n) is 6.47. The molecule has 0 unspecified atom stereocenters. The lowest BCUT2D eigenvalue weighted by Crippen LogP contribution is -2.45. The van der Waals surface area contributed by atoms with Crippen molar-refractivity contribution in [2.45, 2.75) is 37.5 Å². The smallest absolute Gasteiger partial charge is 0.313 e. The van der Waals surface area contributed by atoms with Crippen LogP contribution >= 0.6 is 11.3 Å². The van der Waals surface area contributed by atoms with E-state index in [0.717, 1.165) is 25.7 Å². The highest BCUT2D eigenvalue weighted by Crippen LogP contribution is 2.41. The topological polar surface area (TPSA) is 58.2 Å². The van der Waals surface area contributed by atoms with Crippen LogP contribution in [0.3, 0.4) is 0 Å². The monoisotopic (exact) mass is 360 g/mol. The molecule has 25 heavy (non-hydrogen) atoms. The minimum Gasteiger partial charge on any atom is -0.347 e. The molecule has 4 nitrogen and oxygen atoms in total. The maximum absolute atomic E-state index is 13.2. The van der Waals surface area contributed by atoms with Crippen LogP contribution in [0.25, 0.3) is 0 Å². The number of anilines is 1. The van der Waals surface area contributed by atoms with Crippen LogP contribution < -0.4 is 10.6 Å². The molecule has 6 heteroatoms. The van der Waals surface area contributed by atoms with Gasteiger partial charge in [-0.1, -0.05) is 31.4 Å². The Balaban J connectivity index is 1.62. The van der Waals surface area contributed by atoms with Crippen molar-refractivity contribution < 1.29 is 14.0 Å². The van der Waals surface area contributed by atoms with E-state index in [2.05, 4.69) is 16.7 Å². The summed E-state index contributed by atoms with van der Waals surface area (Å²) in [6.45, 7) is 0.447. The van der Waals surface area contributed by atoms with Gasteiger partial charge in [0.15, 0.2) is 0 Å². The van der Waals surface area contributed by atoms with E-state index < -0.39 is 17.6 Å². The Bertz CT molecular complexity index is 740. The lowest BCUT2D eigenvalue weighted by atomic mass is 9.73. The number of rotatable bonds is 4. The van der Waals surface area contributed by atoms with Gasteiger partial charge in [0.05, 0.1) is 0 Å². The predicted octanol–water partition coefficient (Wildman–Crippen LogP) is 3.84. The van der Waals surface area contributed by atoms with Crippen LogP contribution in [0.4, 0.5) is 10.1 Å². The highest BCUT2D eigenvalue weighted by Gasteiger charge is 2.35. The molecule has 0 aliphatic heterocycles. The molecule has 3 rings (SSSR count). The van der Waals surface area contributed by atoms with Gasteiger partial charge in [0.1, 0.15) is 5.82 Å². The molecule has 0 saturated heterocycles. The first-order valence-electron chi connectivity index (χ1n) is 8.48. The van der Waals surface area contributed by atoms with Crippen LogP contribution in [0, 0.1) is 5.82 Å². The van der Waals surface area contributed by atoms with Crippen LogP contribution in [0.1, 0.15) is 37.0 Å². The molecule has 1 aliphatic carbocycles. The molecule has 0 spiro atoms. The third kappa shape index (κ3) is 4.25. The standard InChI is InChI=1S/C19H21FN2O2S/c20-14-6-4-7-15(12-14)22-18(24)17(23)21-13-19(9-2-1-3-10-19)16-8-5-11-25-16/h4-8,11-12H,1-3,9-10,13H2,(H,21,23)(H,22,24). The van der Waals surface area contributed by atoms with E-state index in [1.54, 1.807) is 17.4 Å². The Morgan fingerprint density at radius 3 is 2.56 bits per heavy atom. The van der Waals surface area contributed by atoms with Crippen molar-refractivity contribution in [1.82, 2.24) is 5.32 Å². The maximum atomic E-state index is 13.2. The fourth-order valence-electron chi connectivity index (χ4n) is 3.40. The average Bonchev–Trinajstić information content (AvgIpc) is 3.16. The van der Waals surface area contributed by atoms with Gasteiger partial charge < -0.3 is 10.6 Å². The quantitative estimate of drug-likeness (QED) is 0.814. The Kier molecular flexibility index (Phi) is 5.48. The van der Waals surface area contributed by atoms with Gasteiger partial charge in [-0.15, -0.1) is 11.3 Å². The van der Waals surface area contributed by atoms with Gasteiger partial charge in [-0.05, 0) is 42.5 Å². The number of nitrogens with one attached hydrogen (secondary N) is 2. The number of halogens is 1. The van der Waals surface area contributed by atoms with E-state index in [-0.39, 0.29) is 11.1 Å². The Morgan fingerprint density at radius 2 is 1.88 bits per heavy atom. The van der Waals surface area contributed by atoms with E-state index in [1.807, 2.05) is 11.4 Å². The summed E-state index contributed by atoms with van der Waals surface area (Å²) in [6, 6.07) is 9.62. The predicted molar refractivity (Wildman–Crippen MR) is 97.1 cm³/mol. The van der Waals surface area contributed by atoms with Crippen LogP contribution in [-0.4, -0.2) is 18.4 Å². The number of carbonyl (C=O) groups excluding carboxylic acids is 2. The molecule has 0 atom stereocenters. The second kappa shape index (κ2) is 7.78. The molecule has 1 aromatic carbocycles. The summed E-state index contributed by atoms with van der Waals surface area (Å²) < 4.78 is 13.2. The molecule has 1 saturated carbocycles. The number of hydrogen-bond donors (Lipinski definition) is 2. The van der Waals surface area contributed by atoms with Gasteiger partial charge in [0.2, 0.25) is 0 Å². The highest BCUT2D eigenvalue weighted by molar-refractivity contribution is 7.10. The first-order chi connectivity index (χ1) is 12.1. The summed E-state index contributed by atoms with van der Waals surface area (Å²) >= 11 is 1.70. The van der Waals surface area contributed by atoms with Crippen molar-refractivity contribution in [3.63, 3.8) is 0 Å². The number of amides is 2. The third-order valence-corrected chi connectivity index (χ3v) is 5.85. The van der Waals surface area contributed by atoms with Crippen molar-refractivity contribution in [2.24, 2.45) is 0 Å². The Hall–Kier alpha value is -2.21. The normalized spacial score (nSPS) is 16.2. The minimum absolute atomic E-state index is 0.0821. The zero-order valence-electron chi connectivity index (χ0n) is 13.9. The van der Waals surface area contributed by atoms with E-state index >= 15 is 0 Å². The van der Waals surface area contributed by atoms with Gasteiger partial charge in [0, 0.05) is 22.5 Å². The summed E-state index contributed by atoms with van der Waals surface area (Å²) in [5.74, 6) is -1.93. The molecule has 0 bridgehead atoms. The average molecular weight is 360 g/mol. The molecule has 1 aromatic heterocycles. The number of thiophene rings is 1. The molecule has 2 amide bonds. The first-order valence-corrected chi connectivity index (χ1v) is 9.36. The molecule has 132 valence electrons. The van der Waals surface area contributed by atoms with Gasteiger partial charge in [-0.25, -0.2) is 4.39 Å². The summed E-state index contributed by atoms with van der Waals surface area (Å²) in [5, 5.41) is 7.25. The fourth-order valence-corrected chi connectivity index (χ4v) is 4.39. The van der Waals surface area contributed by atoms with E-state index in [1.165, 1.54) is 29.5 Å². The number of hydrogen-bond acceptors (Lipinski definition) is 3. The zero-order valence-corrected chi connectivity index (χ0v) is 14.7. The molecule has 1 heterocycles. The molecule has 0 radical (unpaired) electrons. The molecule has 1 aliphatic rings. The van der Waals surface area contributed by atoms with Crippen molar-refractivity contribution >= 4 is 28.8 Å². The zero-order chi connectivity index (χ0) is 17.7. The van der Waals surface area contributed by atoms with Crippen molar-refractivity contribution in [1.29, 1.82) is 0 Å². The van der Waals surface area contributed by atoms with Crippen LogP contribution in [0.5, 0.6) is 0 Å². The van der Waals surface area contributed by atoms with Crippen molar-refractivity contribution in [2.75, 3.05) is 11.9 Å². The van der Waals surface area contributed by atoms with Crippen molar-refractivity contribution in [3.8, 4) is 0 Å². The first kappa shape index (κ1) is 17.6. The lowest BCUT2D eigenvalue weighted by Gasteiger charge is -2.36. The van der Waals surface area contributed by atoms with E-state index in [4.69, 9.17) is 0 Å². The lowest BCUT2D eigenvalue weighted by molar-refractivity contribution is -0.136. The second-order valence-corrected chi connectivity index (χ2v) is 7.41. The Labute approximate surface area is 150 Å². The summed E-state index contributed by atoms with van der Waals surface area (Å²) in [6.07, 6.45) is 5.49. The highest BCUT2D eigenvalue weighted by atomic mass is 32.1. The number of benzene rings is 1. The SMILES string of the molecule is O=C(NCC1(c2cccs2)CCCCC1)C(=O)Nc1cccc(F)c1. The summed E-state index contributed by atoms with van der Waals surface area (Å²) in [7, 11) is 0. The molecule has 2 N–H and O–H groups in total. The van der Waals surface area contributed by atoms with E-state index in [0.29, 0.717) is 6.54 Å². The van der Waals surface area contributed by atoms with Crippen molar-refractivity contribution in [3.05, 3.63) is 52.5 Å². The van der Waals surface area contributed by atoms with Crippen LogP contribution in [-0.2, 0) is 15.0 Å². The molecular weight excluding hydrogens is 339 g/mol. The van der Waals surface area contributed by atoms with Gasteiger partial charge >= 0.3 is 11.8 Å². The molecule has 2 aromatic rings. The minimum atomic E-state index is -0.775. The van der Waals surface area contributed by atoms with E-state index in [9.17, 15) is 14.0 Å². The maximum Gasteiger partial charge on any atom is 0.313 e. The van der Waals surface area contributed by atoms with Gasteiger partial charge in [-0.2, -0.15) is 0 Å². The van der Waals surface area contributed by atoms with Crippen LogP contribution in [0.2, 0.25) is 0 Å². The van der Waals surface area contributed by atoms with Gasteiger partial charge in [0.25, 0.3) is 0 Å². The molecule has 1 fully saturated rings. The van der Waals surface area contributed by atoms with Crippen LogP contribution in [0.15, 0.2) is 41.8 Å². The van der Waals surface area contributed by atoms with Gasteiger partial charge in [-0.3, -0.25) is 9.59 Å².